The summed E-state index contributed by atoms with van der Waals surface area (Å²) in [6.07, 6.45) is 1.68. The first-order valence-electron chi connectivity index (χ1n) is 11.4. The van der Waals surface area contributed by atoms with Gasteiger partial charge in [0.2, 0.25) is 0 Å². The lowest BCUT2D eigenvalue weighted by Crippen LogP contribution is -2.23. The largest absolute Gasteiger partial charge is 0.493 e. The first-order valence-corrected chi connectivity index (χ1v) is 12.6. The van der Waals surface area contributed by atoms with E-state index >= 15 is 0 Å². The molecule has 1 amide bonds. The van der Waals surface area contributed by atoms with Gasteiger partial charge in [0.15, 0.2) is 16.7 Å². The van der Waals surface area contributed by atoms with Crippen LogP contribution in [-0.4, -0.2) is 48.1 Å². The minimum absolute atomic E-state index is 0.0126. The van der Waals surface area contributed by atoms with E-state index in [1.54, 1.807) is 61.7 Å². The third kappa shape index (κ3) is 6.39. The maximum atomic E-state index is 12.9. The number of methoxy groups -OCH3 is 2. The molecule has 0 N–H and O–H groups in total. The number of thioether (sulfide) groups is 1. The van der Waals surface area contributed by atoms with Crippen LogP contribution >= 0.6 is 23.4 Å². The van der Waals surface area contributed by atoms with Crippen LogP contribution in [0, 0.1) is 10.1 Å². The summed E-state index contributed by atoms with van der Waals surface area (Å²) in [5, 5.41) is 11.6. The summed E-state index contributed by atoms with van der Waals surface area (Å²) in [6, 6.07) is 15.9. The monoisotopic (exact) mass is 567 g/mol. The molecule has 1 aliphatic heterocycles. The van der Waals surface area contributed by atoms with Crippen LogP contribution in [0.25, 0.3) is 6.08 Å². The van der Waals surface area contributed by atoms with Gasteiger partial charge < -0.3 is 14.2 Å². The fraction of sp³-hybridized carbons (Fsp3) is 0.148. The van der Waals surface area contributed by atoms with Gasteiger partial charge in [0.1, 0.15) is 6.61 Å². The van der Waals surface area contributed by atoms with Crippen molar-refractivity contribution >= 4 is 57.9 Å². The van der Waals surface area contributed by atoms with Crippen molar-refractivity contribution in [3.05, 3.63) is 97.4 Å². The highest BCUT2D eigenvalue weighted by Gasteiger charge is 2.30. The van der Waals surface area contributed by atoms with E-state index in [4.69, 9.17) is 25.8 Å². The molecule has 0 saturated carbocycles. The number of carbonyl (C=O) groups excluding carboxylic acids is 2. The van der Waals surface area contributed by atoms with E-state index in [-0.39, 0.29) is 23.2 Å². The highest BCUT2D eigenvalue weighted by molar-refractivity contribution is 8.18. The zero-order chi connectivity index (χ0) is 28.1. The fourth-order valence-electron chi connectivity index (χ4n) is 3.54. The Labute approximate surface area is 233 Å². The van der Waals surface area contributed by atoms with Crippen LogP contribution in [0.15, 0.2) is 70.6 Å². The molecule has 3 aromatic rings. The summed E-state index contributed by atoms with van der Waals surface area (Å²) in [6.45, 7) is 0.119. The van der Waals surface area contributed by atoms with E-state index in [0.717, 1.165) is 0 Å². The Morgan fingerprint density at radius 3 is 2.44 bits per heavy atom. The van der Waals surface area contributed by atoms with Gasteiger partial charge in [-0.2, -0.15) is 0 Å². The van der Waals surface area contributed by atoms with E-state index < -0.39 is 10.9 Å². The molecular formula is C27H22ClN3O7S. The third-order valence-electron chi connectivity index (χ3n) is 5.60. The average molecular weight is 568 g/mol. The van der Waals surface area contributed by atoms with Crippen molar-refractivity contribution in [2.45, 2.75) is 6.61 Å². The molecule has 1 saturated heterocycles. The molecule has 0 bridgehead atoms. The number of benzene rings is 3. The van der Waals surface area contributed by atoms with Gasteiger partial charge in [0.05, 0.1) is 40.3 Å². The van der Waals surface area contributed by atoms with Crippen LogP contribution in [0.3, 0.4) is 0 Å². The van der Waals surface area contributed by atoms with Crippen LogP contribution in [0.4, 0.5) is 11.4 Å². The predicted octanol–water partition coefficient (Wildman–Crippen LogP) is 5.86. The number of nitrogens with zero attached hydrogens (tertiary/aromatic N) is 3. The SMILES string of the molecule is COC(=O)c1ccc(N=C2S/C(=C\c3cc(Cl)c(OCc4ccc([N+](=O)[O-])cc4)c(OC)c3)C(=O)N2C)cc1. The van der Waals surface area contributed by atoms with Crippen LogP contribution in [-0.2, 0) is 16.1 Å². The average Bonchev–Trinajstić information content (AvgIpc) is 3.19. The van der Waals surface area contributed by atoms with E-state index in [2.05, 4.69) is 4.99 Å². The van der Waals surface area contributed by atoms with E-state index in [1.807, 2.05) is 0 Å². The molecule has 1 fully saturated rings. The molecule has 39 heavy (non-hydrogen) atoms. The number of esters is 1. The summed E-state index contributed by atoms with van der Waals surface area (Å²) in [7, 11) is 4.41. The Bertz CT molecular complexity index is 1490. The zero-order valence-corrected chi connectivity index (χ0v) is 22.6. The van der Waals surface area contributed by atoms with Crippen LogP contribution in [0.5, 0.6) is 11.5 Å². The second kappa shape index (κ2) is 12.0. The number of carbonyl (C=O) groups is 2. The standard InChI is InChI=1S/C27H22ClN3O7S/c1-30-25(32)23(39-27(30)29-19-8-6-18(7-9-19)26(33)37-3)14-17-12-21(28)24(22(13-17)36-2)38-15-16-4-10-20(11-5-16)31(34)35/h4-14H,15H2,1-3H3/b23-14-,29-27?. The van der Waals surface area contributed by atoms with Crippen molar-refractivity contribution in [1.82, 2.24) is 4.90 Å². The molecule has 1 aliphatic rings. The summed E-state index contributed by atoms with van der Waals surface area (Å²) < 4.78 is 16.0. The Morgan fingerprint density at radius 1 is 1.13 bits per heavy atom. The van der Waals surface area contributed by atoms with Crippen LogP contribution < -0.4 is 9.47 Å². The maximum absolute atomic E-state index is 12.9. The topological polar surface area (TPSA) is 121 Å². The summed E-state index contributed by atoms with van der Waals surface area (Å²) in [4.78, 5) is 41.3. The number of aliphatic imine (C=N–C) groups is 1. The summed E-state index contributed by atoms with van der Waals surface area (Å²) in [5.41, 5.74) is 2.29. The number of hydrogen-bond donors (Lipinski definition) is 0. The molecule has 200 valence electrons. The van der Waals surface area contributed by atoms with Gasteiger partial charge in [0.25, 0.3) is 11.6 Å². The van der Waals surface area contributed by atoms with Crippen LogP contribution in [0.1, 0.15) is 21.5 Å². The minimum Gasteiger partial charge on any atom is -0.493 e. The highest BCUT2D eigenvalue weighted by Crippen LogP contribution is 2.39. The first kappa shape index (κ1) is 27.7. The minimum atomic E-state index is -0.471. The van der Waals surface area contributed by atoms with Crippen molar-refractivity contribution in [3.8, 4) is 11.5 Å². The number of amides is 1. The molecule has 0 radical (unpaired) electrons. The van der Waals surface area contributed by atoms with Gasteiger partial charge in [-0.25, -0.2) is 9.79 Å². The molecule has 12 heteroatoms. The fourth-order valence-corrected chi connectivity index (χ4v) is 4.80. The van der Waals surface area contributed by atoms with Gasteiger partial charge in [0, 0.05) is 19.2 Å². The van der Waals surface area contributed by atoms with Gasteiger partial charge in [-0.3, -0.25) is 19.8 Å². The molecular weight excluding hydrogens is 546 g/mol. The van der Waals surface area contributed by atoms with Crippen LogP contribution in [0.2, 0.25) is 5.02 Å². The van der Waals surface area contributed by atoms with Crippen molar-refractivity contribution in [2.75, 3.05) is 21.3 Å². The van der Waals surface area contributed by atoms with E-state index in [9.17, 15) is 19.7 Å². The number of likely N-dealkylation sites (N-methyl/N-ethyl adjacent to an activating group) is 1. The highest BCUT2D eigenvalue weighted by atomic mass is 35.5. The molecule has 1 heterocycles. The lowest BCUT2D eigenvalue weighted by Gasteiger charge is -2.13. The zero-order valence-electron chi connectivity index (χ0n) is 21.0. The van der Waals surface area contributed by atoms with Gasteiger partial charge in [-0.15, -0.1) is 0 Å². The van der Waals surface area contributed by atoms with Gasteiger partial charge >= 0.3 is 5.97 Å². The first-order chi connectivity index (χ1) is 18.7. The lowest BCUT2D eigenvalue weighted by molar-refractivity contribution is -0.384. The molecule has 0 aromatic heterocycles. The van der Waals surface area contributed by atoms with Crippen molar-refractivity contribution in [3.63, 3.8) is 0 Å². The summed E-state index contributed by atoms with van der Waals surface area (Å²) in [5.74, 6) is -0.0168. The maximum Gasteiger partial charge on any atom is 0.337 e. The lowest BCUT2D eigenvalue weighted by atomic mass is 10.1. The number of rotatable bonds is 8. The van der Waals surface area contributed by atoms with E-state index in [0.29, 0.717) is 43.9 Å². The van der Waals surface area contributed by atoms with Crippen molar-refractivity contribution in [2.24, 2.45) is 4.99 Å². The van der Waals surface area contributed by atoms with Gasteiger partial charge in [-0.1, -0.05) is 11.6 Å². The molecule has 0 unspecified atom stereocenters. The number of hydrogen-bond acceptors (Lipinski definition) is 9. The Morgan fingerprint density at radius 2 is 1.82 bits per heavy atom. The Balaban J connectivity index is 1.52. The van der Waals surface area contributed by atoms with Crippen molar-refractivity contribution < 1.29 is 28.7 Å². The third-order valence-corrected chi connectivity index (χ3v) is 6.94. The number of amidine groups is 1. The van der Waals surface area contributed by atoms with E-state index in [1.165, 1.54) is 43.0 Å². The number of ether oxygens (including phenoxy) is 3. The molecule has 0 aliphatic carbocycles. The second-order valence-electron chi connectivity index (χ2n) is 8.15. The Hall–Kier alpha value is -4.35. The summed E-state index contributed by atoms with van der Waals surface area (Å²) >= 11 is 7.69. The van der Waals surface area contributed by atoms with Gasteiger partial charge in [-0.05, 0) is 77.5 Å². The molecule has 3 aromatic carbocycles. The normalized spacial score (nSPS) is 15.1. The molecule has 0 spiro atoms. The molecule has 4 rings (SSSR count). The number of nitro benzene ring substituents is 1. The molecule has 10 nitrogen and oxygen atoms in total. The predicted molar refractivity (Wildman–Crippen MR) is 149 cm³/mol. The second-order valence-corrected chi connectivity index (χ2v) is 9.57. The van der Waals surface area contributed by atoms with Crippen molar-refractivity contribution in [1.29, 1.82) is 0 Å². The number of nitro groups is 1. The Kier molecular flexibility index (Phi) is 8.52. The molecule has 0 atom stereocenters. The number of non-ortho nitro benzene ring substituents is 1. The quantitative estimate of drug-likeness (QED) is 0.144. The number of halogens is 1. The smallest absolute Gasteiger partial charge is 0.337 e.